The average Bonchev–Trinajstić information content (AvgIpc) is 2.49. The van der Waals surface area contributed by atoms with Gasteiger partial charge in [-0.05, 0) is 18.2 Å². The van der Waals surface area contributed by atoms with Crippen molar-refractivity contribution in [3.63, 3.8) is 0 Å². The van der Waals surface area contributed by atoms with E-state index in [4.69, 9.17) is 11.6 Å². The van der Waals surface area contributed by atoms with Crippen molar-refractivity contribution in [3.05, 3.63) is 62.1 Å². The van der Waals surface area contributed by atoms with E-state index in [1.54, 1.807) is 0 Å². The number of carbonyl (C=O) groups excluding carboxylic acids is 1. The Hall–Kier alpha value is -2.62. The van der Waals surface area contributed by atoms with E-state index in [1.165, 1.54) is 12.1 Å². The van der Waals surface area contributed by atoms with Gasteiger partial charge in [0.25, 0.3) is 0 Å². The zero-order valence-electron chi connectivity index (χ0n) is 12.3. The highest BCUT2D eigenvalue weighted by atomic mass is 35.5. The number of hydrogen-bond acceptors (Lipinski definition) is 3. The Morgan fingerprint density at radius 1 is 1.12 bits per heavy atom. The monoisotopic (exact) mass is 379 g/mol. The van der Waals surface area contributed by atoms with Crippen LogP contribution in [0.3, 0.4) is 0 Å². The van der Waals surface area contributed by atoms with Crippen LogP contribution in [0.1, 0.15) is 0 Å². The molecule has 25 heavy (non-hydrogen) atoms. The molecule has 2 aromatic rings. The third-order valence-electron chi connectivity index (χ3n) is 3.00. The predicted molar refractivity (Wildman–Crippen MR) is 81.1 cm³/mol. The molecule has 1 N–H and O–H groups in total. The van der Waals surface area contributed by atoms with E-state index in [-0.39, 0.29) is 15.3 Å². The van der Waals surface area contributed by atoms with Gasteiger partial charge >= 0.3 is 17.3 Å². The molecule has 0 saturated carbocycles. The van der Waals surface area contributed by atoms with Gasteiger partial charge in [0.2, 0.25) is 5.91 Å². The smallest absolute Gasteiger partial charge is 0.324 e. The number of benzene rings is 1. The molecule has 2 rings (SSSR count). The number of nitrogens with one attached hydrogen (secondary N) is 1. The molecule has 1 amide bonds. The molecular weight excluding hydrogens is 370 g/mol. The lowest BCUT2D eigenvalue weighted by Crippen LogP contribution is -2.43. The van der Waals surface area contributed by atoms with Gasteiger partial charge < -0.3 is 9.88 Å². The molecule has 0 atom stereocenters. The molecule has 0 unspecified atom stereocenters. The number of rotatable bonds is 4. The van der Waals surface area contributed by atoms with E-state index in [1.807, 2.05) is 0 Å². The molecule has 1 aromatic heterocycles. The summed E-state index contributed by atoms with van der Waals surface area (Å²) in [5.41, 5.74) is -2.64. The van der Waals surface area contributed by atoms with Crippen molar-refractivity contribution < 1.29 is 22.4 Å². The largest absolute Gasteiger partial charge is 0.406 e. The van der Waals surface area contributed by atoms with Crippen LogP contribution in [0, 0.1) is 5.82 Å². The Bertz CT molecular complexity index is 921. The molecule has 0 fully saturated rings. The first-order valence-corrected chi connectivity index (χ1v) is 7.06. The second-order valence-electron chi connectivity index (χ2n) is 4.96. The summed E-state index contributed by atoms with van der Waals surface area (Å²) >= 11 is 5.50. The number of nitrogens with zero attached hydrogens (tertiary/aromatic N) is 2. The number of amides is 1. The fraction of sp³-hybridized carbons (Fsp3) is 0.214. The second-order valence-corrected chi connectivity index (χ2v) is 5.36. The maximum Gasteiger partial charge on any atom is 0.406 e. The lowest BCUT2D eigenvalue weighted by atomic mass is 10.3. The van der Waals surface area contributed by atoms with E-state index < -0.39 is 42.1 Å². The van der Waals surface area contributed by atoms with Gasteiger partial charge in [0.1, 0.15) is 18.9 Å². The molecule has 0 bridgehead atoms. The van der Waals surface area contributed by atoms with Crippen LogP contribution < -0.4 is 16.4 Å². The minimum Gasteiger partial charge on any atom is -0.324 e. The van der Waals surface area contributed by atoms with Crippen molar-refractivity contribution in [2.45, 2.75) is 19.3 Å². The fourth-order valence-corrected chi connectivity index (χ4v) is 2.03. The van der Waals surface area contributed by atoms with E-state index in [0.29, 0.717) is 4.57 Å². The van der Waals surface area contributed by atoms with Gasteiger partial charge in [-0.25, -0.2) is 4.39 Å². The van der Waals surface area contributed by atoms with Crippen molar-refractivity contribution in [2.24, 2.45) is 0 Å². The SMILES string of the molecule is O=C(Cn1ccn(CC(F)(F)F)c(=O)c1=O)Nc1ccc(Cl)c(F)c1. The fourth-order valence-electron chi connectivity index (χ4n) is 1.91. The normalized spacial score (nSPS) is 11.4. The van der Waals surface area contributed by atoms with Gasteiger partial charge in [0.05, 0.1) is 5.02 Å². The predicted octanol–water partition coefficient (Wildman–Crippen LogP) is 2.00. The molecule has 0 aliphatic rings. The average molecular weight is 380 g/mol. The summed E-state index contributed by atoms with van der Waals surface area (Å²) in [7, 11) is 0. The quantitative estimate of drug-likeness (QED) is 0.652. The maximum absolute atomic E-state index is 13.3. The van der Waals surface area contributed by atoms with Crippen molar-refractivity contribution in [1.82, 2.24) is 9.13 Å². The van der Waals surface area contributed by atoms with Crippen molar-refractivity contribution in [3.8, 4) is 0 Å². The summed E-state index contributed by atoms with van der Waals surface area (Å²) in [4.78, 5) is 35.2. The lowest BCUT2D eigenvalue weighted by Gasteiger charge is -2.11. The number of aromatic nitrogens is 2. The third kappa shape index (κ3) is 4.92. The zero-order valence-corrected chi connectivity index (χ0v) is 13.1. The molecule has 0 aliphatic heterocycles. The van der Waals surface area contributed by atoms with Crippen molar-refractivity contribution in [2.75, 3.05) is 5.32 Å². The summed E-state index contributed by atoms with van der Waals surface area (Å²) in [6, 6.07) is 3.47. The van der Waals surface area contributed by atoms with Crippen LogP contribution >= 0.6 is 11.6 Å². The Morgan fingerprint density at radius 2 is 1.72 bits per heavy atom. The van der Waals surface area contributed by atoms with E-state index in [0.717, 1.165) is 18.5 Å². The van der Waals surface area contributed by atoms with Crippen LogP contribution in [0.15, 0.2) is 40.2 Å². The van der Waals surface area contributed by atoms with Crippen LogP contribution in [-0.2, 0) is 17.9 Å². The topological polar surface area (TPSA) is 73.1 Å². The molecule has 0 radical (unpaired) electrons. The van der Waals surface area contributed by atoms with Crippen LogP contribution in [-0.4, -0.2) is 21.2 Å². The molecule has 0 spiro atoms. The van der Waals surface area contributed by atoms with Gasteiger partial charge in [-0.15, -0.1) is 0 Å². The van der Waals surface area contributed by atoms with Gasteiger partial charge in [-0.3, -0.25) is 19.0 Å². The third-order valence-corrected chi connectivity index (χ3v) is 3.30. The Morgan fingerprint density at radius 3 is 2.32 bits per heavy atom. The molecule has 0 aliphatic carbocycles. The number of anilines is 1. The number of alkyl halides is 3. The van der Waals surface area contributed by atoms with E-state index >= 15 is 0 Å². The molecule has 134 valence electrons. The van der Waals surface area contributed by atoms with Crippen LogP contribution in [0.2, 0.25) is 5.02 Å². The second kappa shape index (κ2) is 7.09. The number of halogens is 5. The standard InChI is InChI=1S/C14H10ClF4N3O3/c15-9-2-1-8(5-10(9)16)20-11(23)6-21-3-4-22(7-14(17,18)19)13(25)12(21)24/h1-5H,6-7H2,(H,20,23). The summed E-state index contributed by atoms with van der Waals surface area (Å²) in [5, 5.41) is 2.12. The molecular formula is C14H10ClF4N3O3. The van der Waals surface area contributed by atoms with E-state index in [2.05, 4.69) is 5.32 Å². The summed E-state index contributed by atoms with van der Waals surface area (Å²) in [6.45, 7) is -2.25. The van der Waals surface area contributed by atoms with Gasteiger partial charge in [0, 0.05) is 18.1 Å². The Labute approximate surface area is 142 Å². The molecule has 0 saturated heterocycles. The summed E-state index contributed by atoms with van der Waals surface area (Å²) < 4.78 is 51.0. The van der Waals surface area contributed by atoms with E-state index in [9.17, 15) is 31.9 Å². The Balaban J connectivity index is 2.16. The number of carbonyl (C=O) groups is 1. The van der Waals surface area contributed by atoms with Crippen molar-refractivity contribution >= 4 is 23.2 Å². The Kier molecular flexibility index (Phi) is 5.31. The molecule has 1 heterocycles. The molecule has 1 aromatic carbocycles. The maximum atomic E-state index is 13.3. The van der Waals surface area contributed by atoms with Crippen molar-refractivity contribution in [1.29, 1.82) is 0 Å². The summed E-state index contributed by atoms with van der Waals surface area (Å²) in [6.07, 6.45) is -3.03. The van der Waals surface area contributed by atoms with Gasteiger partial charge in [-0.1, -0.05) is 11.6 Å². The number of hydrogen-bond donors (Lipinski definition) is 1. The molecule has 6 nitrogen and oxygen atoms in total. The highest BCUT2D eigenvalue weighted by Crippen LogP contribution is 2.18. The highest BCUT2D eigenvalue weighted by Gasteiger charge is 2.28. The minimum atomic E-state index is -4.67. The highest BCUT2D eigenvalue weighted by molar-refractivity contribution is 6.30. The van der Waals surface area contributed by atoms with Crippen LogP contribution in [0.25, 0.3) is 0 Å². The van der Waals surface area contributed by atoms with Gasteiger partial charge in [-0.2, -0.15) is 13.2 Å². The first-order chi connectivity index (χ1) is 11.6. The van der Waals surface area contributed by atoms with Crippen LogP contribution in [0.5, 0.6) is 0 Å². The summed E-state index contributed by atoms with van der Waals surface area (Å²) in [5.74, 6) is -1.55. The lowest BCUT2D eigenvalue weighted by molar-refractivity contribution is -0.141. The zero-order chi connectivity index (χ0) is 18.8. The first kappa shape index (κ1) is 18.7. The van der Waals surface area contributed by atoms with Crippen LogP contribution in [0.4, 0.5) is 23.2 Å². The van der Waals surface area contributed by atoms with Gasteiger partial charge in [0.15, 0.2) is 0 Å². The molecule has 11 heteroatoms. The first-order valence-electron chi connectivity index (χ1n) is 6.68. The minimum absolute atomic E-state index is 0.0605.